The fourth-order valence-electron chi connectivity index (χ4n) is 3.38. The maximum absolute atomic E-state index is 4.70. The number of rotatable bonds is 5. The van der Waals surface area contributed by atoms with E-state index < -0.39 is 0 Å². The Morgan fingerprint density at radius 3 is 2.68 bits per heavy atom. The maximum atomic E-state index is 4.70. The van der Waals surface area contributed by atoms with E-state index in [2.05, 4.69) is 21.3 Å². The van der Waals surface area contributed by atoms with Crippen LogP contribution in [-0.2, 0) is 0 Å². The molecule has 0 spiro atoms. The number of hydrogen-bond acceptors (Lipinski definition) is 4. The molecule has 1 fully saturated rings. The number of allylic oxidation sites excluding steroid dienone is 1. The summed E-state index contributed by atoms with van der Waals surface area (Å²) in [6, 6.07) is 2.04. The molecule has 22 heavy (non-hydrogen) atoms. The Kier molecular flexibility index (Phi) is 5.68. The molecule has 0 bridgehead atoms. The van der Waals surface area contributed by atoms with Crippen LogP contribution in [0.15, 0.2) is 23.9 Å². The Morgan fingerprint density at radius 1 is 1.05 bits per heavy atom. The first-order valence-corrected chi connectivity index (χ1v) is 8.91. The Balaban J connectivity index is 1.53. The highest BCUT2D eigenvalue weighted by atomic mass is 15.2. The summed E-state index contributed by atoms with van der Waals surface area (Å²) in [5.74, 6) is 1.86. The van der Waals surface area contributed by atoms with E-state index >= 15 is 0 Å². The first-order chi connectivity index (χ1) is 10.9. The van der Waals surface area contributed by atoms with E-state index in [9.17, 15) is 0 Å². The molecule has 1 aromatic heterocycles. The second kappa shape index (κ2) is 8.16. The Bertz CT molecular complexity index is 490. The van der Waals surface area contributed by atoms with Crippen molar-refractivity contribution in [3.63, 3.8) is 0 Å². The molecule has 120 valence electrons. The lowest BCUT2D eigenvalue weighted by Gasteiger charge is -2.21. The summed E-state index contributed by atoms with van der Waals surface area (Å²) in [6.45, 7) is 3.20. The van der Waals surface area contributed by atoms with E-state index in [1.807, 2.05) is 12.3 Å². The van der Waals surface area contributed by atoms with Gasteiger partial charge in [-0.1, -0.05) is 24.5 Å². The third-order valence-corrected chi connectivity index (χ3v) is 4.69. The van der Waals surface area contributed by atoms with Gasteiger partial charge in [-0.2, -0.15) is 4.98 Å². The molecule has 3 rings (SSSR count). The van der Waals surface area contributed by atoms with Crippen LogP contribution in [0.4, 0.5) is 11.8 Å². The van der Waals surface area contributed by atoms with Crippen molar-refractivity contribution < 1.29 is 0 Å². The lowest BCUT2D eigenvalue weighted by Crippen LogP contribution is -2.25. The van der Waals surface area contributed by atoms with Gasteiger partial charge in [0.05, 0.1) is 0 Å². The predicted molar refractivity (Wildman–Crippen MR) is 92.4 cm³/mol. The van der Waals surface area contributed by atoms with Crippen molar-refractivity contribution in [1.82, 2.24) is 9.97 Å². The van der Waals surface area contributed by atoms with Crippen LogP contribution in [0.25, 0.3) is 0 Å². The fourth-order valence-corrected chi connectivity index (χ4v) is 3.38. The lowest BCUT2D eigenvalue weighted by atomic mass is 9.97. The summed E-state index contributed by atoms with van der Waals surface area (Å²) in [5, 5.41) is 3.40. The minimum atomic E-state index is 0.776. The number of aromatic nitrogens is 2. The molecule has 2 aliphatic rings. The number of hydrogen-bond donors (Lipinski definition) is 1. The largest absolute Gasteiger partial charge is 0.356 e. The third-order valence-electron chi connectivity index (χ3n) is 4.69. The van der Waals surface area contributed by atoms with E-state index in [0.717, 1.165) is 37.8 Å². The summed E-state index contributed by atoms with van der Waals surface area (Å²) in [4.78, 5) is 11.5. The van der Waals surface area contributed by atoms with Crippen molar-refractivity contribution in [2.45, 2.75) is 57.8 Å². The molecule has 0 amide bonds. The molecule has 1 N–H and O–H groups in total. The number of anilines is 2. The summed E-state index contributed by atoms with van der Waals surface area (Å²) in [7, 11) is 0. The molecular weight excluding hydrogens is 272 g/mol. The van der Waals surface area contributed by atoms with E-state index in [0.29, 0.717) is 0 Å². The Labute approximate surface area is 134 Å². The summed E-state index contributed by atoms with van der Waals surface area (Å²) < 4.78 is 0. The van der Waals surface area contributed by atoms with E-state index in [1.165, 1.54) is 51.4 Å². The fraction of sp³-hybridized carbons (Fsp3) is 0.667. The van der Waals surface area contributed by atoms with Gasteiger partial charge in [-0.3, -0.25) is 0 Å². The SMILES string of the molecule is C1=C(CCNc2nccc(N3CCCCCC3)n2)CCCC1. The molecule has 2 heterocycles. The Hall–Kier alpha value is -1.58. The van der Waals surface area contributed by atoms with Crippen LogP contribution in [0.5, 0.6) is 0 Å². The van der Waals surface area contributed by atoms with Crippen LogP contribution in [0.3, 0.4) is 0 Å². The molecule has 1 saturated heterocycles. The van der Waals surface area contributed by atoms with Gasteiger partial charge in [0.15, 0.2) is 0 Å². The van der Waals surface area contributed by atoms with E-state index in [-0.39, 0.29) is 0 Å². The van der Waals surface area contributed by atoms with Gasteiger partial charge >= 0.3 is 0 Å². The predicted octanol–water partition coefficient (Wildman–Crippen LogP) is 4.16. The third kappa shape index (κ3) is 4.46. The van der Waals surface area contributed by atoms with E-state index in [4.69, 9.17) is 4.98 Å². The van der Waals surface area contributed by atoms with Gasteiger partial charge < -0.3 is 10.2 Å². The second-order valence-electron chi connectivity index (χ2n) is 6.42. The quantitative estimate of drug-likeness (QED) is 0.829. The molecule has 1 aromatic rings. The van der Waals surface area contributed by atoms with Gasteiger partial charge in [0.2, 0.25) is 5.95 Å². The standard InChI is InChI=1S/C18H28N4/c1-2-7-15-22(14-6-1)17-11-13-20-18(21-17)19-12-10-16-8-4-3-5-9-16/h8,11,13H,1-7,9-10,12,14-15H2,(H,19,20,21). The smallest absolute Gasteiger partial charge is 0.224 e. The topological polar surface area (TPSA) is 41.1 Å². The van der Waals surface area contributed by atoms with Gasteiger partial charge in [-0.25, -0.2) is 4.98 Å². The van der Waals surface area contributed by atoms with Gasteiger partial charge in [0.25, 0.3) is 0 Å². The highest BCUT2D eigenvalue weighted by Crippen LogP contribution is 2.20. The molecule has 0 saturated carbocycles. The second-order valence-corrected chi connectivity index (χ2v) is 6.42. The van der Waals surface area contributed by atoms with Crippen molar-refractivity contribution in [1.29, 1.82) is 0 Å². The zero-order valence-corrected chi connectivity index (χ0v) is 13.6. The van der Waals surface area contributed by atoms with E-state index in [1.54, 1.807) is 5.57 Å². The summed E-state index contributed by atoms with van der Waals surface area (Å²) in [5.41, 5.74) is 1.60. The van der Waals surface area contributed by atoms with Crippen molar-refractivity contribution >= 4 is 11.8 Å². The van der Waals surface area contributed by atoms with Crippen LogP contribution in [-0.4, -0.2) is 29.6 Å². The molecule has 4 nitrogen and oxygen atoms in total. The number of nitrogens with zero attached hydrogens (tertiary/aromatic N) is 3. The van der Waals surface area contributed by atoms with Gasteiger partial charge in [-0.05, 0) is 51.0 Å². The highest BCUT2D eigenvalue weighted by molar-refractivity contribution is 5.42. The minimum absolute atomic E-state index is 0.776. The average molecular weight is 300 g/mol. The molecule has 4 heteroatoms. The highest BCUT2D eigenvalue weighted by Gasteiger charge is 2.11. The van der Waals surface area contributed by atoms with Crippen molar-refractivity contribution in [3.8, 4) is 0 Å². The number of nitrogens with one attached hydrogen (secondary N) is 1. The van der Waals surface area contributed by atoms with Gasteiger partial charge in [0.1, 0.15) is 5.82 Å². The zero-order chi connectivity index (χ0) is 15.0. The maximum Gasteiger partial charge on any atom is 0.224 e. The van der Waals surface area contributed by atoms with Gasteiger partial charge in [-0.15, -0.1) is 0 Å². The van der Waals surface area contributed by atoms with Crippen LogP contribution in [0, 0.1) is 0 Å². The minimum Gasteiger partial charge on any atom is -0.356 e. The molecule has 0 radical (unpaired) electrons. The molecule has 0 unspecified atom stereocenters. The van der Waals surface area contributed by atoms with Crippen molar-refractivity contribution in [3.05, 3.63) is 23.9 Å². The molecule has 1 aliphatic heterocycles. The van der Waals surface area contributed by atoms with Crippen LogP contribution < -0.4 is 10.2 Å². The first-order valence-electron chi connectivity index (χ1n) is 8.91. The zero-order valence-electron chi connectivity index (χ0n) is 13.6. The van der Waals surface area contributed by atoms with Crippen molar-refractivity contribution in [2.75, 3.05) is 29.9 Å². The molecular formula is C18H28N4. The van der Waals surface area contributed by atoms with Crippen LogP contribution in [0.1, 0.15) is 57.8 Å². The van der Waals surface area contributed by atoms with Crippen LogP contribution in [0.2, 0.25) is 0 Å². The Morgan fingerprint density at radius 2 is 1.91 bits per heavy atom. The lowest BCUT2D eigenvalue weighted by molar-refractivity contribution is 0.679. The van der Waals surface area contributed by atoms with Crippen LogP contribution >= 0.6 is 0 Å². The summed E-state index contributed by atoms with van der Waals surface area (Å²) >= 11 is 0. The molecule has 1 aliphatic carbocycles. The first kappa shape index (κ1) is 15.3. The molecule has 0 atom stereocenters. The van der Waals surface area contributed by atoms with Crippen molar-refractivity contribution in [2.24, 2.45) is 0 Å². The summed E-state index contributed by atoms with van der Waals surface area (Å²) in [6.07, 6.45) is 15.9. The van der Waals surface area contributed by atoms with Gasteiger partial charge in [0, 0.05) is 25.8 Å². The monoisotopic (exact) mass is 300 g/mol. The molecule has 0 aromatic carbocycles. The average Bonchev–Trinajstić information content (AvgIpc) is 2.85. The normalized spacial score (nSPS) is 19.5.